The lowest BCUT2D eigenvalue weighted by atomic mass is 9.92. The highest BCUT2D eigenvalue weighted by Crippen LogP contribution is 2.17. The maximum Gasteiger partial charge on any atom is 0.244 e. The van der Waals surface area contributed by atoms with Crippen LogP contribution in [0.25, 0.3) is 0 Å². The van der Waals surface area contributed by atoms with E-state index in [9.17, 15) is 4.79 Å². The lowest BCUT2D eigenvalue weighted by molar-refractivity contribution is -0.126. The number of amides is 1. The topological polar surface area (TPSA) is 94.0 Å². The Bertz CT molecular complexity index is 523. The van der Waals surface area contributed by atoms with Crippen LogP contribution in [0.15, 0.2) is 41.2 Å². The van der Waals surface area contributed by atoms with Gasteiger partial charge in [0.1, 0.15) is 5.54 Å². The van der Waals surface area contributed by atoms with Crippen molar-refractivity contribution in [2.75, 3.05) is 6.54 Å². The molecule has 6 heteroatoms. The number of aromatic nitrogens is 2. The number of nitrogens with zero attached hydrogens (tertiary/aromatic N) is 2. The maximum absolute atomic E-state index is 12.1. The van der Waals surface area contributed by atoms with E-state index in [2.05, 4.69) is 15.5 Å². The van der Waals surface area contributed by atoms with Crippen LogP contribution in [0.3, 0.4) is 0 Å². The van der Waals surface area contributed by atoms with E-state index in [0.717, 1.165) is 5.56 Å². The van der Waals surface area contributed by atoms with Crippen LogP contribution in [-0.4, -0.2) is 22.6 Å². The Morgan fingerprint density at radius 2 is 2.16 bits per heavy atom. The molecule has 0 saturated heterocycles. The second-order valence-electron chi connectivity index (χ2n) is 4.41. The first-order valence-electron chi connectivity index (χ1n) is 5.99. The number of hydrogen-bond acceptors (Lipinski definition) is 5. The zero-order chi connectivity index (χ0) is 13.7. The molecule has 1 atom stereocenters. The monoisotopic (exact) mass is 260 g/mol. The molecule has 1 aromatic carbocycles. The third-order valence-electron chi connectivity index (χ3n) is 2.88. The summed E-state index contributed by atoms with van der Waals surface area (Å²) in [4.78, 5) is 16.0. The predicted molar refractivity (Wildman–Crippen MR) is 69.0 cm³/mol. The highest BCUT2D eigenvalue weighted by atomic mass is 16.5. The van der Waals surface area contributed by atoms with E-state index < -0.39 is 5.54 Å². The highest BCUT2D eigenvalue weighted by molar-refractivity contribution is 5.86. The summed E-state index contributed by atoms with van der Waals surface area (Å²) in [6, 6.07) is 9.25. The Morgan fingerprint density at radius 1 is 1.42 bits per heavy atom. The molecule has 6 nitrogen and oxygen atoms in total. The summed E-state index contributed by atoms with van der Waals surface area (Å²) < 4.78 is 4.84. The van der Waals surface area contributed by atoms with Crippen LogP contribution in [0.1, 0.15) is 18.4 Å². The molecule has 0 aliphatic carbocycles. The standard InChI is InChI=1S/C13H16N4O2/c1-13(14,10-5-3-2-4-6-10)12(18)15-8-7-11-16-9-17-19-11/h2-6,9H,7-8,14H2,1H3,(H,15,18). The first kappa shape index (κ1) is 13.2. The normalized spacial score (nSPS) is 13.8. The number of carbonyl (C=O) groups is 1. The Labute approximate surface area is 111 Å². The first-order chi connectivity index (χ1) is 9.10. The quantitative estimate of drug-likeness (QED) is 0.821. The van der Waals surface area contributed by atoms with E-state index in [-0.39, 0.29) is 5.91 Å². The molecule has 100 valence electrons. The lowest BCUT2D eigenvalue weighted by Crippen LogP contribution is -2.49. The summed E-state index contributed by atoms with van der Waals surface area (Å²) in [5.41, 5.74) is 5.79. The molecular weight excluding hydrogens is 244 g/mol. The van der Waals surface area contributed by atoms with Crippen molar-refractivity contribution < 1.29 is 9.32 Å². The van der Waals surface area contributed by atoms with Crippen molar-refractivity contribution in [1.82, 2.24) is 15.5 Å². The first-order valence-corrected chi connectivity index (χ1v) is 5.99. The highest BCUT2D eigenvalue weighted by Gasteiger charge is 2.29. The number of nitrogens with two attached hydrogens (primary N) is 1. The zero-order valence-electron chi connectivity index (χ0n) is 10.7. The maximum atomic E-state index is 12.1. The third kappa shape index (κ3) is 3.17. The van der Waals surface area contributed by atoms with Crippen LogP contribution < -0.4 is 11.1 Å². The fourth-order valence-corrected chi connectivity index (χ4v) is 1.69. The molecule has 0 spiro atoms. The molecule has 3 N–H and O–H groups in total. The minimum Gasteiger partial charge on any atom is -0.354 e. The Balaban J connectivity index is 1.92. The smallest absolute Gasteiger partial charge is 0.244 e. The molecule has 0 bridgehead atoms. The van der Waals surface area contributed by atoms with Crippen LogP contribution in [0.2, 0.25) is 0 Å². The van der Waals surface area contributed by atoms with Crippen LogP contribution in [0.4, 0.5) is 0 Å². The predicted octanol–water partition coefficient (Wildman–Crippen LogP) is 0.602. The molecule has 0 radical (unpaired) electrons. The molecular formula is C13H16N4O2. The molecule has 2 rings (SSSR count). The number of carbonyl (C=O) groups excluding carboxylic acids is 1. The van der Waals surface area contributed by atoms with E-state index >= 15 is 0 Å². The van der Waals surface area contributed by atoms with Gasteiger partial charge in [0.2, 0.25) is 11.8 Å². The van der Waals surface area contributed by atoms with Gasteiger partial charge in [0.05, 0.1) is 0 Å². The molecule has 1 unspecified atom stereocenters. The van der Waals surface area contributed by atoms with E-state index in [0.29, 0.717) is 18.9 Å². The average molecular weight is 260 g/mol. The summed E-state index contributed by atoms with van der Waals surface area (Å²) in [5, 5.41) is 6.26. The van der Waals surface area contributed by atoms with Crippen molar-refractivity contribution in [2.45, 2.75) is 18.9 Å². The molecule has 1 heterocycles. The SMILES string of the molecule is CC(N)(C(=O)NCCc1ncno1)c1ccccc1. The summed E-state index contributed by atoms with van der Waals surface area (Å²) in [5.74, 6) is 0.247. The Hall–Kier alpha value is -2.21. The molecule has 1 amide bonds. The van der Waals surface area contributed by atoms with E-state index in [1.54, 1.807) is 6.92 Å². The number of benzene rings is 1. The zero-order valence-corrected chi connectivity index (χ0v) is 10.7. The van der Waals surface area contributed by atoms with Crippen LogP contribution >= 0.6 is 0 Å². The molecule has 19 heavy (non-hydrogen) atoms. The number of hydrogen-bond donors (Lipinski definition) is 2. The van der Waals surface area contributed by atoms with Gasteiger partial charge in [-0.25, -0.2) is 0 Å². The fraction of sp³-hybridized carbons (Fsp3) is 0.308. The van der Waals surface area contributed by atoms with Gasteiger partial charge in [-0.3, -0.25) is 4.79 Å². The molecule has 0 fully saturated rings. The van der Waals surface area contributed by atoms with Crippen molar-refractivity contribution in [3.8, 4) is 0 Å². The van der Waals surface area contributed by atoms with Crippen LogP contribution in [0, 0.1) is 0 Å². The summed E-state index contributed by atoms with van der Waals surface area (Å²) >= 11 is 0. The molecule has 0 saturated carbocycles. The lowest BCUT2D eigenvalue weighted by Gasteiger charge is -2.23. The van der Waals surface area contributed by atoms with Crippen molar-refractivity contribution in [1.29, 1.82) is 0 Å². The average Bonchev–Trinajstić information content (AvgIpc) is 2.93. The minimum atomic E-state index is -1.06. The largest absolute Gasteiger partial charge is 0.354 e. The number of rotatable bonds is 5. The molecule has 1 aromatic heterocycles. The van der Waals surface area contributed by atoms with Crippen molar-refractivity contribution in [3.05, 3.63) is 48.1 Å². The summed E-state index contributed by atoms with van der Waals surface area (Å²) in [7, 11) is 0. The molecule has 2 aromatic rings. The molecule has 0 aliphatic heterocycles. The number of nitrogens with one attached hydrogen (secondary N) is 1. The van der Waals surface area contributed by atoms with Crippen LogP contribution in [0.5, 0.6) is 0 Å². The van der Waals surface area contributed by atoms with Gasteiger partial charge in [-0.15, -0.1) is 0 Å². The summed E-state index contributed by atoms with van der Waals surface area (Å²) in [6.45, 7) is 2.09. The van der Waals surface area contributed by atoms with Gasteiger partial charge in [0.25, 0.3) is 0 Å². The van der Waals surface area contributed by atoms with Crippen molar-refractivity contribution in [2.24, 2.45) is 5.73 Å². The van der Waals surface area contributed by atoms with Gasteiger partial charge in [0.15, 0.2) is 6.33 Å². The van der Waals surface area contributed by atoms with Crippen molar-refractivity contribution >= 4 is 5.91 Å². The third-order valence-corrected chi connectivity index (χ3v) is 2.88. The van der Waals surface area contributed by atoms with E-state index in [1.165, 1.54) is 6.33 Å². The molecule has 0 aliphatic rings. The Kier molecular flexibility index (Phi) is 3.91. The van der Waals surface area contributed by atoms with E-state index in [4.69, 9.17) is 10.3 Å². The van der Waals surface area contributed by atoms with Gasteiger partial charge >= 0.3 is 0 Å². The van der Waals surface area contributed by atoms with Gasteiger partial charge in [-0.1, -0.05) is 35.5 Å². The summed E-state index contributed by atoms with van der Waals surface area (Å²) in [6.07, 6.45) is 1.81. The second kappa shape index (κ2) is 5.62. The second-order valence-corrected chi connectivity index (χ2v) is 4.41. The minimum absolute atomic E-state index is 0.238. The van der Waals surface area contributed by atoms with Crippen LogP contribution in [-0.2, 0) is 16.8 Å². The van der Waals surface area contributed by atoms with Gasteiger partial charge in [-0.05, 0) is 12.5 Å². The van der Waals surface area contributed by atoms with Gasteiger partial charge in [0, 0.05) is 13.0 Å². The Morgan fingerprint density at radius 3 is 2.79 bits per heavy atom. The van der Waals surface area contributed by atoms with E-state index in [1.807, 2.05) is 30.3 Å². The van der Waals surface area contributed by atoms with Crippen molar-refractivity contribution in [3.63, 3.8) is 0 Å². The fourth-order valence-electron chi connectivity index (χ4n) is 1.69. The van der Waals surface area contributed by atoms with Gasteiger partial charge in [-0.2, -0.15) is 4.98 Å². The van der Waals surface area contributed by atoms with Gasteiger partial charge < -0.3 is 15.6 Å².